The molecule has 6 nitrogen and oxygen atoms in total. The van der Waals surface area contributed by atoms with E-state index in [-0.39, 0.29) is 16.8 Å². The van der Waals surface area contributed by atoms with Gasteiger partial charge in [0, 0.05) is 13.1 Å². The van der Waals surface area contributed by atoms with E-state index in [1.165, 1.54) is 0 Å². The van der Waals surface area contributed by atoms with Gasteiger partial charge in [-0.25, -0.2) is 4.68 Å². The van der Waals surface area contributed by atoms with Crippen LogP contribution in [0, 0.1) is 5.92 Å². The van der Waals surface area contributed by atoms with E-state index in [0.29, 0.717) is 23.7 Å². The van der Waals surface area contributed by atoms with Gasteiger partial charge in [0.15, 0.2) is 0 Å². The summed E-state index contributed by atoms with van der Waals surface area (Å²) in [5.41, 5.74) is 0. The first kappa shape index (κ1) is 15.9. The number of likely N-dealkylation sites (tertiary alicyclic amines) is 1. The highest BCUT2D eigenvalue weighted by atomic mass is 32.2. The van der Waals surface area contributed by atoms with Crippen LogP contribution in [-0.4, -0.2) is 44.5 Å². The smallest absolute Gasteiger partial charge is 0.342 e. The van der Waals surface area contributed by atoms with Gasteiger partial charge in [-0.3, -0.25) is 4.79 Å². The van der Waals surface area contributed by atoms with Crippen molar-refractivity contribution in [1.29, 1.82) is 0 Å². The molecule has 1 amide bonds. The van der Waals surface area contributed by atoms with Crippen LogP contribution in [0.25, 0.3) is 0 Å². The SMILES string of the molecule is CC1CCCN(C(=O)CSc2nnc(C(F)(F)F)n2N)C1. The Kier molecular flexibility index (Phi) is 4.64. The van der Waals surface area contributed by atoms with Crippen LogP contribution < -0.4 is 5.84 Å². The molecule has 0 spiro atoms. The van der Waals surface area contributed by atoms with Gasteiger partial charge in [0.05, 0.1) is 5.75 Å². The zero-order valence-corrected chi connectivity index (χ0v) is 12.2. The number of alkyl halides is 3. The minimum absolute atomic E-state index is 0.0000888. The van der Waals surface area contributed by atoms with Crippen molar-refractivity contribution in [1.82, 2.24) is 19.8 Å². The summed E-state index contributed by atoms with van der Waals surface area (Å²) in [6, 6.07) is 0. The third-order valence-corrected chi connectivity index (χ3v) is 4.18. The standard InChI is InChI=1S/C11H16F3N5OS/c1-7-3-2-4-18(5-7)8(20)6-21-10-17-16-9(19(10)15)11(12,13)14/h7H,2-6,15H2,1H3. The molecule has 1 unspecified atom stereocenters. The molecule has 1 aromatic heterocycles. The van der Waals surface area contributed by atoms with Gasteiger partial charge >= 0.3 is 6.18 Å². The highest BCUT2D eigenvalue weighted by Gasteiger charge is 2.38. The molecule has 2 heterocycles. The maximum Gasteiger partial charge on any atom is 0.453 e. The predicted molar refractivity (Wildman–Crippen MR) is 70.9 cm³/mol. The highest BCUT2D eigenvalue weighted by Crippen LogP contribution is 2.29. The van der Waals surface area contributed by atoms with Crippen LogP contribution >= 0.6 is 11.8 Å². The molecule has 0 aromatic carbocycles. The first-order chi connectivity index (χ1) is 9.79. The van der Waals surface area contributed by atoms with Crippen LogP contribution in [-0.2, 0) is 11.0 Å². The second kappa shape index (κ2) is 6.12. The first-order valence-electron chi connectivity index (χ1n) is 6.47. The third-order valence-electron chi connectivity index (χ3n) is 3.25. The van der Waals surface area contributed by atoms with Crippen LogP contribution in [0.1, 0.15) is 25.6 Å². The van der Waals surface area contributed by atoms with Crippen molar-refractivity contribution in [3.05, 3.63) is 5.82 Å². The van der Waals surface area contributed by atoms with Crippen molar-refractivity contribution in [3.8, 4) is 0 Å². The quantitative estimate of drug-likeness (QED) is 0.671. The largest absolute Gasteiger partial charge is 0.453 e. The zero-order valence-electron chi connectivity index (χ0n) is 11.4. The lowest BCUT2D eigenvalue weighted by Crippen LogP contribution is -2.40. The number of halogens is 3. The number of hydrogen-bond donors (Lipinski definition) is 1. The monoisotopic (exact) mass is 323 g/mol. The summed E-state index contributed by atoms with van der Waals surface area (Å²) < 4.78 is 37.9. The third kappa shape index (κ3) is 3.80. The molecule has 1 atom stereocenters. The molecule has 0 bridgehead atoms. The minimum Gasteiger partial charge on any atom is -0.342 e. The molecule has 1 aromatic rings. The zero-order chi connectivity index (χ0) is 15.6. The maximum absolute atomic E-state index is 12.5. The first-order valence-corrected chi connectivity index (χ1v) is 7.46. The Balaban J connectivity index is 1.94. The summed E-state index contributed by atoms with van der Waals surface area (Å²) in [7, 11) is 0. The topological polar surface area (TPSA) is 77.0 Å². The highest BCUT2D eigenvalue weighted by molar-refractivity contribution is 7.99. The molecule has 0 radical (unpaired) electrons. The molecular formula is C11H16F3N5OS. The van der Waals surface area contributed by atoms with E-state index in [2.05, 4.69) is 17.1 Å². The Morgan fingerprint density at radius 2 is 2.19 bits per heavy atom. The average molecular weight is 323 g/mol. The van der Waals surface area contributed by atoms with E-state index in [1.807, 2.05) is 0 Å². The second-order valence-corrected chi connectivity index (χ2v) is 5.99. The van der Waals surface area contributed by atoms with Crippen LogP contribution in [0.15, 0.2) is 5.16 Å². The van der Waals surface area contributed by atoms with E-state index in [0.717, 1.165) is 24.6 Å². The molecule has 1 aliphatic heterocycles. The molecule has 0 aliphatic carbocycles. The van der Waals surface area contributed by atoms with E-state index >= 15 is 0 Å². The normalized spacial score (nSPS) is 19.8. The van der Waals surface area contributed by atoms with Crippen molar-refractivity contribution < 1.29 is 18.0 Å². The maximum atomic E-state index is 12.5. The molecule has 1 saturated heterocycles. The van der Waals surface area contributed by atoms with Crippen molar-refractivity contribution in [2.24, 2.45) is 5.92 Å². The summed E-state index contributed by atoms with van der Waals surface area (Å²) >= 11 is 0.860. The molecule has 2 rings (SSSR count). The lowest BCUT2D eigenvalue weighted by atomic mass is 10.0. The van der Waals surface area contributed by atoms with Crippen molar-refractivity contribution in [2.75, 3.05) is 24.7 Å². The van der Waals surface area contributed by atoms with Crippen molar-refractivity contribution >= 4 is 17.7 Å². The molecule has 10 heteroatoms. The summed E-state index contributed by atoms with van der Waals surface area (Å²) in [6.45, 7) is 3.44. The lowest BCUT2D eigenvalue weighted by molar-refractivity contribution is -0.146. The fourth-order valence-electron chi connectivity index (χ4n) is 2.20. The second-order valence-electron chi connectivity index (χ2n) is 5.05. The fourth-order valence-corrected chi connectivity index (χ4v) is 2.96. The van der Waals surface area contributed by atoms with Gasteiger partial charge in [-0.15, -0.1) is 10.2 Å². The summed E-state index contributed by atoms with van der Waals surface area (Å²) in [6.07, 6.45) is -2.63. The number of carbonyl (C=O) groups is 1. The molecule has 1 aliphatic rings. The van der Waals surface area contributed by atoms with Gasteiger partial charge in [-0.2, -0.15) is 13.2 Å². The number of rotatable bonds is 3. The van der Waals surface area contributed by atoms with Gasteiger partial charge < -0.3 is 10.7 Å². The Morgan fingerprint density at radius 1 is 1.48 bits per heavy atom. The van der Waals surface area contributed by atoms with E-state index < -0.39 is 12.0 Å². The minimum atomic E-state index is -4.66. The van der Waals surface area contributed by atoms with Crippen LogP contribution in [0.3, 0.4) is 0 Å². The summed E-state index contributed by atoms with van der Waals surface area (Å²) in [4.78, 5) is 13.7. The van der Waals surface area contributed by atoms with Crippen molar-refractivity contribution in [3.63, 3.8) is 0 Å². The predicted octanol–water partition coefficient (Wildman–Crippen LogP) is 1.36. The molecule has 21 heavy (non-hydrogen) atoms. The molecule has 1 fully saturated rings. The van der Waals surface area contributed by atoms with E-state index in [1.54, 1.807) is 4.90 Å². The van der Waals surface area contributed by atoms with Crippen LogP contribution in [0.4, 0.5) is 13.2 Å². The molecule has 2 N–H and O–H groups in total. The number of piperidine rings is 1. The van der Waals surface area contributed by atoms with E-state index in [9.17, 15) is 18.0 Å². The Bertz CT molecular complexity index is 518. The van der Waals surface area contributed by atoms with Crippen LogP contribution in [0.5, 0.6) is 0 Å². The van der Waals surface area contributed by atoms with E-state index in [4.69, 9.17) is 5.84 Å². The molecule has 0 saturated carbocycles. The van der Waals surface area contributed by atoms with Gasteiger partial charge in [-0.05, 0) is 18.8 Å². The molecular weight excluding hydrogens is 307 g/mol. The lowest BCUT2D eigenvalue weighted by Gasteiger charge is -2.30. The van der Waals surface area contributed by atoms with Crippen molar-refractivity contribution in [2.45, 2.75) is 31.1 Å². The number of aromatic nitrogens is 3. The number of nitrogens with two attached hydrogens (primary N) is 1. The Morgan fingerprint density at radius 3 is 2.76 bits per heavy atom. The van der Waals surface area contributed by atoms with Crippen LogP contribution in [0.2, 0.25) is 0 Å². The number of carbonyl (C=O) groups excluding carboxylic acids is 1. The fraction of sp³-hybridized carbons (Fsp3) is 0.727. The number of hydrogen-bond acceptors (Lipinski definition) is 5. The average Bonchev–Trinajstić information content (AvgIpc) is 2.77. The number of amides is 1. The van der Waals surface area contributed by atoms with Gasteiger partial charge in [0.1, 0.15) is 0 Å². The number of nitrogen functional groups attached to an aromatic ring is 1. The van der Waals surface area contributed by atoms with Gasteiger partial charge in [0.25, 0.3) is 5.82 Å². The molecule has 118 valence electrons. The Hall–Kier alpha value is -1.45. The summed E-state index contributed by atoms with van der Waals surface area (Å²) in [5.74, 6) is 4.35. The van der Waals surface area contributed by atoms with Gasteiger partial charge in [-0.1, -0.05) is 18.7 Å². The number of nitrogens with zero attached hydrogens (tertiary/aromatic N) is 4. The Labute approximate surface area is 123 Å². The van der Waals surface area contributed by atoms with Gasteiger partial charge in [0.2, 0.25) is 11.1 Å². The number of thioether (sulfide) groups is 1. The summed E-state index contributed by atoms with van der Waals surface area (Å²) in [5, 5.41) is 6.26.